The van der Waals surface area contributed by atoms with E-state index in [-0.39, 0.29) is 5.91 Å². The molecule has 3 aromatic carbocycles. The number of amidine groups is 1. The summed E-state index contributed by atoms with van der Waals surface area (Å²) in [5.74, 6) is 0.565. The number of para-hydroxylation sites is 1. The standard InChI is InChI=1S/C23H20N4O2S/c1-3-29-18-13-12-14-8-4-5-9-15(14)19(18)21-24-17-11-7-6-10-16(17)20-22(28)25-23(30-2)26-27(20)21/h4-13,21H,3H2,1-2H3,(H,25,26,28). The van der Waals surface area contributed by atoms with Crippen molar-refractivity contribution in [1.29, 1.82) is 0 Å². The van der Waals surface area contributed by atoms with E-state index >= 15 is 0 Å². The number of hydrogen-bond donors (Lipinski definition) is 1. The van der Waals surface area contributed by atoms with E-state index in [1.165, 1.54) is 11.8 Å². The zero-order valence-electron chi connectivity index (χ0n) is 16.6. The van der Waals surface area contributed by atoms with Gasteiger partial charge >= 0.3 is 0 Å². The smallest absolute Gasteiger partial charge is 0.276 e. The van der Waals surface area contributed by atoms with Gasteiger partial charge in [-0.2, -0.15) is 0 Å². The van der Waals surface area contributed by atoms with Crippen molar-refractivity contribution in [2.75, 3.05) is 12.9 Å². The first-order valence-corrected chi connectivity index (χ1v) is 11.0. The van der Waals surface area contributed by atoms with Gasteiger partial charge in [0, 0.05) is 10.8 Å². The van der Waals surface area contributed by atoms with Gasteiger partial charge in [0.15, 0.2) is 11.3 Å². The first kappa shape index (κ1) is 18.7. The molecule has 0 fully saturated rings. The average molecular weight is 417 g/mol. The fraction of sp³-hybridized carbons (Fsp3) is 0.174. The molecule has 0 bridgehead atoms. The number of hydrazone groups is 1. The van der Waals surface area contributed by atoms with Gasteiger partial charge in [-0.05, 0) is 36.1 Å². The van der Waals surface area contributed by atoms with Crippen LogP contribution >= 0.6 is 11.8 Å². The molecule has 1 N–H and O–H groups in total. The minimum Gasteiger partial charge on any atom is -0.493 e. The van der Waals surface area contributed by atoms with E-state index in [4.69, 9.17) is 14.8 Å². The van der Waals surface area contributed by atoms with E-state index < -0.39 is 6.17 Å². The highest BCUT2D eigenvalue weighted by molar-refractivity contribution is 8.13. The van der Waals surface area contributed by atoms with Gasteiger partial charge < -0.3 is 4.74 Å². The lowest BCUT2D eigenvalue weighted by atomic mass is 9.99. The monoisotopic (exact) mass is 416 g/mol. The van der Waals surface area contributed by atoms with Crippen molar-refractivity contribution >= 4 is 39.3 Å². The molecule has 2 heterocycles. The van der Waals surface area contributed by atoms with Crippen LogP contribution in [0.3, 0.4) is 0 Å². The summed E-state index contributed by atoms with van der Waals surface area (Å²) in [5, 5.41) is 13.5. The average Bonchev–Trinajstić information content (AvgIpc) is 2.78. The van der Waals surface area contributed by atoms with Gasteiger partial charge in [-0.15, -0.1) is 5.10 Å². The van der Waals surface area contributed by atoms with Crippen LogP contribution in [0.5, 0.6) is 5.75 Å². The molecule has 150 valence electrons. The summed E-state index contributed by atoms with van der Waals surface area (Å²) in [6.07, 6.45) is 1.37. The molecule has 0 spiro atoms. The third-order valence-electron chi connectivity index (χ3n) is 5.20. The second-order valence-corrected chi connectivity index (χ2v) is 7.70. The summed E-state index contributed by atoms with van der Waals surface area (Å²) in [6, 6.07) is 19.8. The number of thioether (sulfide) groups is 1. The molecule has 0 aliphatic carbocycles. The lowest BCUT2D eigenvalue weighted by Gasteiger charge is -2.35. The normalized spacial score (nSPS) is 17.6. The largest absolute Gasteiger partial charge is 0.493 e. The van der Waals surface area contributed by atoms with E-state index in [1.54, 1.807) is 5.01 Å². The zero-order valence-corrected chi connectivity index (χ0v) is 17.4. The Kier molecular flexibility index (Phi) is 4.67. The first-order chi connectivity index (χ1) is 14.7. The fourth-order valence-electron chi connectivity index (χ4n) is 3.93. The molecule has 6 nitrogen and oxygen atoms in total. The fourth-order valence-corrected chi connectivity index (χ4v) is 4.30. The molecular weight excluding hydrogens is 396 g/mol. The highest BCUT2D eigenvalue weighted by Crippen LogP contribution is 2.40. The second kappa shape index (κ2) is 7.50. The molecule has 3 aromatic rings. The summed E-state index contributed by atoms with van der Waals surface area (Å²) in [5.41, 5.74) is 1.40. The number of nitrogens with zero attached hydrogens (tertiary/aromatic N) is 3. The Labute approximate surface area is 177 Å². The Morgan fingerprint density at radius 3 is 2.73 bits per heavy atom. The Morgan fingerprint density at radius 2 is 1.90 bits per heavy atom. The Balaban J connectivity index is 1.85. The van der Waals surface area contributed by atoms with Crippen molar-refractivity contribution in [2.24, 2.45) is 10.1 Å². The lowest BCUT2D eigenvalue weighted by molar-refractivity contribution is -0.116. The van der Waals surface area contributed by atoms with Crippen molar-refractivity contribution < 1.29 is 9.53 Å². The van der Waals surface area contributed by atoms with Crippen LogP contribution in [0.1, 0.15) is 18.7 Å². The molecule has 0 aromatic heterocycles. The molecule has 1 atom stereocenters. The predicted molar refractivity (Wildman–Crippen MR) is 119 cm³/mol. The molecule has 2 aliphatic rings. The molecular formula is C23H20N4O2S. The molecule has 0 saturated heterocycles. The van der Waals surface area contributed by atoms with Gasteiger partial charge in [0.2, 0.25) is 0 Å². The topological polar surface area (TPSA) is 66.3 Å². The van der Waals surface area contributed by atoms with E-state index in [2.05, 4.69) is 17.4 Å². The van der Waals surface area contributed by atoms with Crippen molar-refractivity contribution in [3.05, 3.63) is 76.8 Å². The molecule has 1 unspecified atom stereocenters. The molecule has 5 rings (SSSR count). The number of ether oxygens (including phenoxy) is 1. The van der Waals surface area contributed by atoms with Crippen molar-refractivity contribution in [3.63, 3.8) is 0 Å². The maximum Gasteiger partial charge on any atom is 0.276 e. The number of nitrogens with one attached hydrogen (secondary N) is 1. The highest BCUT2D eigenvalue weighted by Gasteiger charge is 2.36. The van der Waals surface area contributed by atoms with Gasteiger partial charge in [-0.3, -0.25) is 15.1 Å². The van der Waals surface area contributed by atoms with E-state index in [0.29, 0.717) is 17.5 Å². The highest BCUT2D eigenvalue weighted by atomic mass is 32.2. The summed E-state index contributed by atoms with van der Waals surface area (Å²) in [7, 11) is 0. The Morgan fingerprint density at radius 1 is 1.10 bits per heavy atom. The zero-order chi connectivity index (χ0) is 20.7. The van der Waals surface area contributed by atoms with Gasteiger partial charge in [0.05, 0.1) is 12.0 Å². The van der Waals surface area contributed by atoms with Crippen molar-refractivity contribution in [1.82, 2.24) is 10.3 Å². The first-order valence-electron chi connectivity index (χ1n) is 9.76. The number of carbonyl (C=O) groups is 1. The SMILES string of the molecule is CCOc1ccc2ccccc2c1C1N=c2ccccc2=C2C(=O)NC(SC)=NN21. The molecule has 1 amide bonds. The van der Waals surface area contributed by atoms with Crippen LogP contribution in [0.2, 0.25) is 0 Å². The van der Waals surface area contributed by atoms with E-state index in [9.17, 15) is 4.79 Å². The maximum absolute atomic E-state index is 13.1. The summed E-state index contributed by atoms with van der Waals surface area (Å²) in [6.45, 7) is 2.49. The third-order valence-corrected chi connectivity index (χ3v) is 5.77. The van der Waals surface area contributed by atoms with Crippen molar-refractivity contribution in [2.45, 2.75) is 13.1 Å². The number of carbonyl (C=O) groups excluding carboxylic acids is 1. The van der Waals surface area contributed by atoms with Crippen LogP contribution in [0.15, 0.2) is 70.8 Å². The summed E-state index contributed by atoms with van der Waals surface area (Å²) in [4.78, 5) is 18.1. The lowest BCUT2D eigenvalue weighted by Crippen LogP contribution is -2.50. The number of fused-ring (bicyclic) bond motifs is 3. The van der Waals surface area contributed by atoms with Crippen LogP contribution in [0.25, 0.3) is 16.5 Å². The maximum atomic E-state index is 13.1. The predicted octanol–water partition coefficient (Wildman–Crippen LogP) is 2.74. The summed E-state index contributed by atoms with van der Waals surface area (Å²) < 4.78 is 6.00. The number of benzene rings is 3. The quantitative estimate of drug-likeness (QED) is 0.713. The van der Waals surface area contributed by atoms with Gasteiger partial charge in [-0.1, -0.05) is 60.3 Å². The summed E-state index contributed by atoms with van der Waals surface area (Å²) >= 11 is 1.39. The van der Waals surface area contributed by atoms with Crippen molar-refractivity contribution in [3.8, 4) is 5.75 Å². The molecule has 7 heteroatoms. The van der Waals surface area contributed by atoms with Crippen LogP contribution in [0, 0.1) is 0 Å². The number of hydrogen-bond acceptors (Lipinski definition) is 6. The molecule has 0 radical (unpaired) electrons. The molecule has 0 saturated carbocycles. The second-order valence-electron chi connectivity index (χ2n) is 6.91. The number of amides is 1. The van der Waals surface area contributed by atoms with Crippen LogP contribution in [-0.4, -0.2) is 28.9 Å². The minimum absolute atomic E-state index is 0.181. The van der Waals surface area contributed by atoms with Gasteiger partial charge in [0.1, 0.15) is 11.4 Å². The van der Waals surface area contributed by atoms with Crippen LogP contribution < -0.4 is 20.6 Å². The number of rotatable bonds is 3. The van der Waals surface area contributed by atoms with Gasteiger partial charge in [0.25, 0.3) is 5.91 Å². The van der Waals surface area contributed by atoms with E-state index in [1.807, 2.05) is 61.7 Å². The third kappa shape index (κ3) is 2.93. The van der Waals surface area contributed by atoms with Gasteiger partial charge in [-0.25, -0.2) is 5.01 Å². The van der Waals surface area contributed by atoms with E-state index in [0.717, 1.165) is 32.7 Å². The van der Waals surface area contributed by atoms with Crippen LogP contribution in [0.4, 0.5) is 0 Å². The molecule has 2 aliphatic heterocycles. The molecule has 30 heavy (non-hydrogen) atoms. The Hall–Kier alpha value is -3.32. The minimum atomic E-state index is -0.518. The Bertz CT molecular complexity index is 1320. The van der Waals surface area contributed by atoms with Crippen LogP contribution in [-0.2, 0) is 4.79 Å².